The van der Waals surface area contributed by atoms with Crippen LogP contribution in [0.5, 0.6) is 17.2 Å². The number of carbonyl (C=O) groups excluding carboxylic acids is 1. The third-order valence-corrected chi connectivity index (χ3v) is 3.67. The molecule has 0 saturated heterocycles. The van der Waals surface area contributed by atoms with Crippen molar-refractivity contribution in [3.8, 4) is 17.2 Å². The topological polar surface area (TPSA) is 44.8 Å². The minimum Gasteiger partial charge on any atom is -0.488 e. The summed E-state index contributed by atoms with van der Waals surface area (Å²) in [6.45, 7) is 17.4. The standard InChI is InChI=1S/C26H32O4/c1-18(2)28-21-13-9-19(10-14-21)23(27)16-12-20-11-15-22(29-25(3,4)5)17-24(20)30-26(6,7)8/h9-17H,1H2,2-8H3/b16-12-. The maximum Gasteiger partial charge on any atom is 0.185 e. The molecule has 0 aliphatic heterocycles. The lowest BCUT2D eigenvalue weighted by molar-refractivity contribution is 0.104. The fourth-order valence-electron chi connectivity index (χ4n) is 2.64. The second-order valence-corrected chi connectivity index (χ2v) is 9.15. The zero-order valence-electron chi connectivity index (χ0n) is 19.0. The van der Waals surface area contributed by atoms with E-state index in [1.807, 2.05) is 59.7 Å². The highest BCUT2D eigenvalue weighted by molar-refractivity contribution is 6.07. The molecule has 0 radical (unpaired) electrons. The van der Waals surface area contributed by atoms with Crippen LogP contribution in [0.1, 0.15) is 64.4 Å². The Balaban J connectivity index is 2.25. The first-order chi connectivity index (χ1) is 13.8. The van der Waals surface area contributed by atoms with Crippen LogP contribution in [-0.4, -0.2) is 17.0 Å². The Morgan fingerprint density at radius 1 is 0.867 bits per heavy atom. The van der Waals surface area contributed by atoms with Crippen LogP contribution in [0.4, 0.5) is 0 Å². The van der Waals surface area contributed by atoms with Gasteiger partial charge in [-0.15, -0.1) is 0 Å². The predicted molar refractivity (Wildman–Crippen MR) is 122 cm³/mol. The average Bonchev–Trinajstić information content (AvgIpc) is 2.58. The molecule has 0 aromatic heterocycles. The molecule has 0 aliphatic carbocycles. The molecule has 2 rings (SSSR count). The number of ketones is 1. The van der Waals surface area contributed by atoms with E-state index in [1.54, 1.807) is 43.3 Å². The molecular weight excluding hydrogens is 376 g/mol. The quantitative estimate of drug-likeness (QED) is 0.285. The largest absolute Gasteiger partial charge is 0.488 e. The van der Waals surface area contributed by atoms with Crippen LogP contribution in [0, 0.1) is 0 Å². The van der Waals surface area contributed by atoms with E-state index in [9.17, 15) is 4.79 Å². The van der Waals surface area contributed by atoms with Gasteiger partial charge in [0.1, 0.15) is 28.5 Å². The SMILES string of the molecule is C=C(C)Oc1ccc(C(=O)/C=C\c2ccc(OC(C)(C)C)cc2OC(C)(C)C)cc1. The van der Waals surface area contributed by atoms with E-state index in [4.69, 9.17) is 14.2 Å². The van der Waals surface area contributed by atoms with Gasteiger partial charge in [-0.2, -0.15) is 0 Å². The Hall–Kier alpha value is -3.01. The lowest BCUT2D eigenvalue weighted by atomic mass is 10.1. The predicted octanol–water partition coefficient (Wildman–Crippen LogP) is 6.85. The number of carbonyl (C=O) groups is 1. The number of hydrogen-bond acceptors (Lipinski definition) is 4. The zero-order valence-corrected chi connectivity index (χ0v) is 19.0. The van der Waals surface area contributed by atoms with Crippen LogP contribution >= 0.6 is 0 Å². The molecule has 0 aliphatic rings. The molecule has 4 nitrogen and oxygen atoms in total. The molecule has 0 heterocycles. The van der Waals surface area contributed by atoms with E-state index in [-0.39, 0.29) is 17.0 Å². The lowest BCUT2D eigenvalue weighted by Crippen LogP contribution is -2.24. The van der Waals surface area contributed by atoms with E-state index in [1.165, 1.54) is 0 Å². The van der Waals surface area contributed by atoms with E-state index in [2.05, 4.69) is 6.58 Å². The summed E-state index contributed by atoms with van der Waals surface area (Å²) < 4.78 is 17.5. The van der Waals surface area contributed by atoms with Gasteiger partial charge in [-0.1, -0.05) is 6.58 Å². The van der Waals surface area contributed by atoms with E-state index in [0.29, 0.717) is 22.8 Å². The number of rotatable bonds is 7. The monoisotopic (exact) mass is 408 g/mol. The summed E-state index contributed by atoms with van der Waals surface area (Å²) in [4.78, 5) is 12.6. The van der Waals surface area contributed by atoms with Gasteiger partial charge < -0.3 is 14.2 Å². The van der Waals surface area contributed by atoms with E-state index >= 15 is 0 Å². The molecule has 2 aromatic rings. The first-order valence-corrected chi connectivity index (χ1v) is 10.0. The first-order valence-electron chi connectivity index (χ1n) is 10.0. The second kappa shape index (κ2) is 9.21. The number of allylic oxidation sites excluding steroid dienone is 2. The molecule has 0 unspecified atom stereocenters. The van der Waals surface area contributed by atoms with Crippen molar-refractivity contribution in [3.63, 3.8) is 0 Å². The van der Waals surface area contributed by atoms with Crippen molar-refractivity contribution in [2.24, 2.45) is 0 Å². The summed E-state index contributed by atoms with van der Waals surface area (Å²) in [6.07, 6.45) is 3.31. The molecule has 0 fully saturated rings. The maximum atomic E-state index is 12.6. The Morgan fingerprint density at radius 2 is 1.43 bits per heavy atom. The minimum absolute atomic E-state index is 0.103. The maximum absolute atomic E-state index is 12.6. The van der Waals surface area contributed by atoms with Crippen molar-refractivity contribution < 1.29 is 19.0 Å². The number of benzene rings is 2. The van der Waals surface area contributed by atoms with Gasteiger partial charge in [0.2, 0.25) is 0 Å². The first kappa shape index (κ1) is 23.3. The molecule has 0 bridgehead atoms. The molecule has 0 spiro atoms. The van der Waals surface area contributed by atoms with Gasteiger partial charge >= 0.3 is 0 Å². The van der Waals surface area contributed by atoms with Crippen molar-refractivity contribution in [2.45, 2.75) is 59.7 Å². The highest BCUT2D eigenvalue weighted by Crippen LogP contribution is 2.31. The van der Waals surface area contributed by atoms with Crippen molar-refractivity contribution in [3.05, 3.63) is 72.0 Å². The number of ether oxygens (including phenoxy) is 3. The van der Waals surface area contributed by atoms with Gasteiger partial charge in [0, 0.05) is 17.2 Å². The van der Waals surface area contributed by atoms with Crippen LogP contribution in [-0.2, 0) is 0 Å². The van der Waals surface area contributed by atoms with Gasteiger partial charge in [-0.05, 0) is 97.0 Å². The average molecular weight is 409 g/mol. The van der Waals surface area contributed by atoms with Gasteiger partial charge in [-0.3, -0.25) is 4.79 Å². The van der Waals surface area contributed by atoms with Crippen molar-refractivity contribution in [1.29, 1.82) is 0 Å². The summed E-state index contributed by atoms with van der Waals surface area (Å²) in [5.41, 5.74) is 0.686. The minimum atomic E-state index is -0.383. The highest BCUT2D eigenvalue weighted by atomic mass is 16.5. The molecule has 0 amide bonds. The Bertz CT molecular complexity index is 923. The van der Waals surface area contributed by atoms with Gasteiger partial charge in [0.05, 0.1) is 5.76 Å². The summed E-state index contributed by atoms with van der Waals surface area (Å²) in [7, 11) is 0. The van der Waals surface area contributed by atoms with Gasteiger partial charge in [-0.25, -0.2) is 0 Å². The van der Waals surface area contributed by atoms with Crippen molar-refractivity contribution in [1.82, 2.24) is 0 Å². The van der Waals surface area contributed by atoms with Crippen LogP contribution in [0.2, 0.25) is 0 Å². The Labute approximate surface area is 180 Å². The Morgan fingerprint density at radius 3 is 1.97 bits per heavy atom. The normalized spacial score (nSPS) is 12.0. The second-order valence-electron chi connectivity index (χ2n) is 9.15. The molecule has 0 N–H and O–H groups in total. The summed E-state index contributed by atoms with van der Waals surface area (Å²) in [5, 5.41) is 0. The summed E-state index contributed by atoms with van der Waals surface area (Å²) >= 11 is 0. The highest BCUT2D eigenvalue weighted by Gasteiger charge is 2.17. The summed E-state index contributed by atoms with van der Waals surface area (Å²) in [6, 6.07) is 12.6. The van der Waals surface area contributed by atoms with Crippen LogP contribution in [0.15, 0.2) is 60.9 Å². The molecule has 160 valence electrons. The number of hydrogen-bond donors (Lipinski definition) is 0. The molecule has 4 heteroatoms. The van der Waals surface area contributed by atoms with Crippen LogP contribution in [0.3, 0.4) is 0 Å². The molecule has 0 saturated carbocycles. The van der Waals surface area contributed by atoms with E-state index in [0.717, 1.165) is 11.3 Å². The zero-order chi connectivity index (χ0) is 22.5. The van der Waals surface area contributed by atoms with E-state index < -0.39 is 0 Å². The molecule has 0 atom stereocenters. The molecular formula is C26H32O4. The smallest absolute Gasteiger partial charge is 0.185 e. The van der Waals surface area contributed by atoms with Crippen molar-refractivity contribution >= 4 is 11.9 Å². The van der Waals surface area contributed by atoms with Gasteiger partial charge in [0.25, 0.3) is 0 Å². The lowest BCUT2D eigenvalue weighted by Gasteiger charge is -2.25. The summed E-state index contributed by atoms with van der Waals surface area (Å²) in [5.74, 6) is 2.53. The fourth-order valence-corrected chi connectivity index (χ4v) is 2.64. The molecule has 2 aromatic carbocycles. The Kier molecular flexibility index (Phi) is 7.14. The van der Waals surface area contributed by atoms with Crippen LogP contribution < -0.4 is 14.2 Å². The third kappa shape index (κ3) is 7.78. The van der Waals surface area contributed by atoms with Crippen LogP contribution in [0.25, 0.3) is 6.08 Å². The third-order valence-electron chi connectivity index (χ3n) is 3.67. The van der Waals surface area contributed by atoms with Crippen molar-refractivity contribution in [2.75, 3.05) is 0 Å². The molecule has 30 heavy (non-hydrogen) atoms. The van der Waals surface area contributed by atoms with Gasteiger partial charge in [0.15, 0.2) is 5.78 Å². The fraction of sp³-hybridized carbons (Fsp3) is 0.346.